The summed E-state index contributed by atoms with van der Waals surface area (Å²) in [6.07, 6.45) is -0.725. The van der Waals surface area contributed by atoms with Crippen molar-refractivity contribution in [3.8, 4) is 0 Å². The van der Waals surface area contributed by atoms with E-state index in [4.69, 9.17) is 0 Å². The van der Waals surface area contributed by atoms with Gasteiger partial charge in [-0.3, -0.25) is 9.00 Å². The van der Waals surface area contributed by atoms with Gasteiger partial charge in [-0.15, -0.1) is 0 Å². The van der Waals surface area contributed by atoms with Crippen LogP contribution in [0.1, 0.15) is 43.2 Å². The maximum atomic E-state index is 13.0. The summed E-state index contributed by atoms with van der Waals surface area (Å²) >= 11 is 0. The quantitative estimate of drug-likeness (QED) is 0.833. The van der Waals surface area contributed by atoms with Gasteiger partial charge in [-0.25, -0.2) is 0 Å². The third-order valence-corrected chi connectivity index (χ3v) is 7.12. The van der Waals surface area contributed by atoms with E-state index in [9.17, 15) is 22.2 Å². The fourth-order valence-corrected chi connectivity index (χ4v) is 5.97. The number of hydrogen-bond acceptors (Lipinski definition) is 2. The lowest BCUT2D eigenvalue weighted by molar-refractivity contribution is -0.138. The largest absolute Gasteiger partial charge is 0.416 e. The highest BCUT2D eigenvalue weighted by atomic mass is 32.2. The second kappa shape index (κ2) is 6.38. The number of carbonyl (C=O) groups excluding carboxylic acids is 1. The number of ketones is 1. The van der Waals surface area contributed by atoms with Crippen LogP contribution >= 0.6 is 0 Å². The maximum absolute atomic E-state index is 13.0. The third kappa shape index (κ3) is 3.52. The van der Waals surface area contributed by atoms with Gasteiger partial charge in [0.15, 0.2) is 0 Å². The molecule has 2 saturated heterocycles. The lowest BCUT2D eigenvalue weighted by atomic mass is 9.84. The smallest absolute Gasteiger partial charge is 0.299 e. The zero-order valence-electron chi connectivity index (χ0n) is 12.6. The van der Waals surface area contributed by atoms with E-state index in [1.165, 1.54) is 18.2 Å². The van der Waals surface area contributed by atoms with E-state index in [2.05, 4.69) is 0 Å². The van der Waals surface area contributed by atoms with Crippen LogP contribution in [-0.2, 0) is 28.2 Å². The Balaban J connectivity index is 1.74. The highest BCUT2D eigenvalue weighted by Crippen LogP contribution is 2.38. The summed E-state index contributed by atoms with van der Waals surface area (Å²) < 4.78 is 51.3. The minimum Gasteiger partial charge on any atom is -0.299 e. The molecule has 0 amide bonds. The van der Waals surface area contributed by atoms with Crippen LogP contribution in [0, 0.1) is 5.92 Å². The first-order chi connectivity index (χ1) is 10.9. The molecule has 6 heteroatoms. The average Bonchev–Trinajstić information content (AvgIpc) is 2.46. The summed E-state index contributed by atoms with van der Waals surface area (Å²) in [5.41, 5.74) is -0.685. The molecule has 2 heterocycles. The standard InChI is InChI=1S/C17H19F3O2S/c18-17(19,20)15-7-2-1-4-11(15)10-16(21)12-8-13-5-3-6-14(9-12)23(13)22/h1-2,4,7,12-14H,3,5-6,8-10H2. The van der Waals surface area contributed by atoms with Gasteiger partial charge in [0, 0.05) is 33.6 Å². The Kier molecular flexibility index (Phi) is 4.63. The van der Waals surface area contributed by atoms with E-state index < -0.39 is 22.5 Å². The number of benzene rings is 1. The van der Waals surface area contributed by atoms with Gasteiger partial charge in [0.2, 0.25) is 0 Å². The van der Waals surface area contributed by atoms with Crippen LogP contribution in [0.4, 0.5) is 13.2 Å². The molecule has 0 aromatic heterocycles. The van der Waals surface area contributed by atoms with E-state index in [0.717, 1.165) is 25.3 Å². The topological polar surface area (TPSA) is 34.1 Å². The first kappa shape index (κ1) is 16.7. The molecule has 1 aromatic rings. The van der Waals surface area contributed by atoms with Gasteiger partial charge >= 0.3 is 6.18 Å². The van der Waals surface area contributed by atoms with Crippen molar-refractivity contribution >= 4 is 16.6 Å². The van der Waals surface area contributed by atoms with Crippen molar-refractivity contribution in [3.63, 3.8) is 0 Å². The number of rotatable bonds is 3. The van der Waals surface area contributed by atoms with Crippen molar-refractivity contribution in [1.29, 1.82) is 0 Å². The molecule has 2 atom stereocenters. The van der Waals surface area contributed by atoms with Gasteiger partial charge in [-0.2, -0.15) is 13.2 Å². The van der Waals surface area contributed by atoms with Gasteiger partial charge in [-0.05, 0) is 37.3 Å². The van der Waals surface area contributed by atoms with Gasteiger partial charge < -0.3 is 0 Å². The molecule has 126 valence electrons. The molecule has 0 aliphatic carbocycles. The minimum atomic E-state index is -4.44. The summed E-state index contributed by atoms with van der Waals surface area (Å²) in [5, 5.41) is 0.101. The van der Waals surface area contributed by atoms with E-state index in [1.54, 1.807) is 0 Å². The molecule has 2 unspecified atom stereocenters. The normalized spacial score (nSPS) is 30.9. The van der Waals surface area contributed by atoms with Crippen LogP contribution in [0.15, 0.2) is 24.3 Å². The Morgan fingerprint density at radius 2 is 1.74 bits per heavy atom. The van der Waals surface area contributed by atoms with Crippen LogP contribution in [0.2, 0.25) is 0 Å². The summed E-state index contributed by atoms with van der Waals surface area (Å²) in [6, 6.07) is 5.27. The molecular formula is C17H19F3O2S. The molecule has 0 N–H and O–H groups in total. The molecule has 3 rings (SSSR count). The molecule has 0 saturated carbocycles. The second-order valence-corrected chi connectivity index (χ2v) is 8.46. The van der Waals surface area contributed by atoms with E-state index >= 15 is 0 Å². The molecule has 2 bridgehead atoms. The Bertz CT molecular complexity index is 611. The van der Waals surface area contributed by atoms with Crippen molar-refractivity contribution < 1.29 is 22.2 Å². The molecule has 0 spiro atoms. The minimum absolute atomic E-state index is 0.0434. The van der Waals surface area contributed by atoms with Crippen LogP contribution in [-0.4, -0.2) is 20.5 Å². The fraction of sp³-hybridized carbons (Fsp3) is 0.588. The SMILES string of the molecule is O=C(Cc1ccccc1C(F)(F)F)C1CC2CCCC(C1)S2=O. The van der Waals surface area contributed by atoms with Crippen molar-refractivity contribution in [2.24, 2.45) is 5.92 Å². The second-order valence-electron chi connectivity index (χ2n) is 6.47. The van der Waals surface area contributed by atoms with Gasteiger partial charge in [0.25, 0.3) is 0 Å². The molecule has 2 aliphatic heterocycles. The van der Waals surface area contributed by atoms with Gasteiger partial charge in [0.1, 0.15) is 5.78 Å². The molecule has 1 aromatic carbocycles. The summed E-state index contributed by atoms with van der Waals surface area (Å²) in [5.74, 6) is -0.389. The Morgan fingerprint density at radius 1 is 1.13 bits per heavy atom. The lowest BCUT2D eigenvalue weighted by Crippen LogP contribution is -2.41. The lowest BCUT2D eigenvalue weighted by Gasteiger charge is -2.37. The van der Waals surface area contributed by atoms with Crippen molar-refractivity contribution in [2.75, 3.05) is 0 Å². The zero-order valence-corrected chi connectivity index (χ0v) is 13.5. The number of alkyl halides is 3. The van der Waals surface area contributed by atoms with Crippen LogP contribution in [0.25, 0.3) is 0 Å². The average molecular weight is 344 g/mol. The highest BCUT2D eigenvalue weighted by Gasteiger charge is 2.41. The van der Waals surface area contributed by atoms with Gasteiger partial charge in [-0.1, -0.05) is 24.6 Å². The zero-order chi connectivity index (χ0) is 16.6. The van der Waals surface area contributed by atoms with Crippen molar-refractivity contribution in [2.45, 2.75) is 55.2 Å². The molecule has 2 nitrogen and oxygen atoms in total. The highest BCUT2D eigenvalue weighted by molar-refractivity contribution is 7.86. The summed E-state index contributed by atoms with van der Waals surface area (Å²) in [7, 11) is -0.870. The van der Waals surface area contributed by atoms with E-state index in [-0.39, 0.29) is 34.2 Å². The first-order valence-electron chi connectivity index (χ1n) is 7.93. The fourth-order valence-electron chi connectivity index (χ4n) is 3.78. The first-order valence-corrected chi connectivity index (χ1v) is 9.21. The molecule has 23 heavy (non-hydrogen) atoms. The van der Waals surface area contributed by atoms with Gasteiger partial charge in [0.05, 0.1) is 5.56 Å². The maximum Gasteiger partial charge on any atom is 0.416 e. The molecule has 2 aliphatic rings. The monoisotopic (exact) mass is 344 g/mol. The molecular weight excluding hydrogens is 325 g/mol. The Hall–Kier alpha value is -1.17. The number of halogens is 3. The van der Waals surface area contributed by atoms with Crippen LogP contribution in [0.3, 0.4) is 0 Å². The Labute approximate surface area is 135 Å². The molecule has 0 radical (unpaired) electrons. The van der Waals surface area contributed by atoms with E-state index in [0.29, 0.717) is 12.8 Å². The Morgan fingerprint density at radius 3 is 2.35 bits per heavy atom. The predicted molar refractivity (Wildman–Crippen MR) is 82.4 cm³/mol. The number of fused-ring (bicyclic) bond motifs is 2. The predicted octanol–water partition coefficient (Wildman–Crippen LogP) is 3.90. The summed E-state index contributed by atoms with van der Waals surface area (Å²) in [6.45, 7) is 0. The number of carbonyl (C=O) groups is 1. The number of hydrogen-bond donors (Lipinski definition) is 0. The number of Topliss-reactive ketones (excluding diaryl/α,β-unsaturated/α-hetero) is 1. The van der Waals surface area contributed by atoms with E-state index in [1.807, 2.05) is 0 Å². The third-order valence-electron chi connectivity index (χ3n) is 4.95. The summed E-state index contributed by atoms with van der Waals surface area (Å²) in [4.78, 5) is 12.5. The van der Waals surface area contributed by atoms with Crippen LogP contribution < -0.4 is 0 Å². The molecule has 2 fully saturated rings. The van der Waals surface area contributed by atoms with Crippen LogP contribution in [0.5, 0.6) is 0 Å². The van der Waals surface area contributed by atoms with Crippen molar-refractivity contribution in [1.82, 2.24) is 0 Å². The van der Waals surface area contributed by atoms with Crippen molar-refractivity contribution in [3.05, 3.63) is 35.4 Å².